The number of ether oxygens (including phenoxy) is 2. The SMILES string of the molecule is COc1ccc(CCNC(=O)c2ccc(CN(Cc3cccc(C)c3)C(C)C)o2)cc1OC. The third-order valence-electron chi connectivity index (χ3n) is 5.59. The summed E-state index contributed by atoms with van der Waals surface area (Å²) in [4.78, 5) is 14.9. The molecular formula is C27H34N2O4. The summed E-state index contributed by atoms with van der Waals surface area (Å²) in [5.41, 5.74) is 3.57. The summed E-state index contributed by atoms with van der Waals surface area (Å²) in [5, 5.41) is 2.93. The fraction of sp³-hybridized carbons (Fsp3) is 0.370. The third kappa shape index (κ3) is 6.86. The van der Waals surface area contributed by atoms with E-state index in [2.05, 4.69) is 55.3 Å². The highest BCUT2D eigenvalue weighted by Gasteiger charge is 2.16. The van der Waals surface area contributed by atoms with E-state index in [1.165, 1.54) is 11.1 Å². The molecule has 6 nitrogen and oxygen atoms in total. The average Bonchev–Trinajstić information content (AvgIpc) is 3.27. The van der Waals surface area contributed by atoms with Gasteiger partial charge in [0.15, 0.2) is 17.3 Å². The zero-order valence-corrected chi connectivity index (χ0v) is 20.2. The molecule has 3 rings (SSSR count). The molecule has 2 aromatic carbocycles. The smallest absolute Gasteiger partial charge is 0.287 e. The van der Waals surface area contributed by atoms with Crippen LogP contribution in [0.15, 0.2) is 59.0 Å². The number of carbonyl (C=O) groups excluding carboxylic acids is 1. The number of benzene rings is 2. The van der Waals surface area contributed by atoms with Crippen molar-refractivity contribution in [3.63, 3.8) is 0 Å². The van der Waals surface area contributed by atoms with Gasteiger partial charge < -0.3 is 19.2 Å². The molecule has 0 aliphatic rings. The summed E-state index contributed by atoms with van der Waals surface area (Å²) >= 11 is 0. The molecule has 1 amide bonds. The molecule has 0 aliphatic carbocycles. The average molecular weight is 451 g/mol. The maximum absolute atomic E-state index is 12.6. The third-order valence-corrected chi connectivity index (χ3v) is 5.59. The van der Waals surface area contributed by atoms with E-state index in [0.717, 1.165) is 17.9 Å². The molecular weight excluding hydrogens is 416 g/mol. The van der Waals surface area contributed by atoms with E-state index in [4.69, 9.17) is 13.9 Å². The molecule has 1 heterocycles. The Morgan fingerprint density at radius 1 is 0.970 bits per heavy atom. The van der Waals surface area contributed by atoms with Crippen molar-refractivity contribution < 1.29 is 18.7 Å². The predicted molar refractivity (Wildman–Crippen MR) is 130 cm³/mol. The van der Waals surface area contributed by atoms with Crippen LogP contribution in [0.4, 0.5) is 0 Å². The van der Waals surface area contributed by atoms with Crippen molar-refractivity contribution >= 4 is 5.91 Å². The van der Waals surface area contributed by atoms with Gasteiger partial charge in [0.1, 0.15) is 5.76 Å². The number of furan rings is 1. The molecule has 176 valence electrons. The van der Waals surface area contributed by atoms with Crippen LogP contribution in [-0.2, 0) is 19.5 Å². The zero-order chi connectivity index (χ0) is 23.8. The highest BCUT2D eigenvalue weighted by Crippen LogP contribution is 2.27. The van der Waals surface area contributed by atoms with E-state index in [1.54, 1.807) is 20.3 Å². The normalized spacial score (nSPS) is 11.1. The van der Waals surface area contributed by atoms with Gasteiger partial charge in [0.2, 0.25) is 0 Å². The first kappa shape index (κ1) is 24.4. The standard InChI is InChI=1S/C27H34N2O4/c1-19(2)29(17-22-8-6-7-20(3)15-22)18-23-10-12-25(33-23)27(30)28-14-13-21-9-11-24(31-4)26(16-21)32-5/h6-12,15-16,19H,13-14,17-18H2,1-5H3,(H,28,30). The second kappa shape index (κ2) is 11.6. The maximum Gasteiger partial charge on any atom is 0.287 e. The summed E-state index contributed by atoms with van der Waals surface area (Å²) < 4.78 is 16.5. The van der Waals surface area contributed by atoms with Crippen molar-refractivity contribution in [1.82, 2.24) is 10.2 Å². The fourth-order valence-corrected chi connectivity index (χ4v) is 3.69. The highest BCUT2D eigenvalue weighted by molar-refractivity contribution is 5.91. The lowest BCUT2D eigenvalue weighted by atomic mass is 10.1. The summed E-state index contributed by atoms with van der Waals surface area (Å²) in [6.45, 7) is 8.40. The number of nitrogens with zero attached hydrogens (tertiary/aromatic N) is 1. The van der Waals surface area contributed by atoms with Crippen LogP contribution in [0.3, 0.4) is 0 Å². The summed E-state index contributed by atoms with van der Waals surface area (Å²) in [6.07, 6.45) is 0.678. The van der Waals surface area contributed by atoms with E-state index >= 15 is 0 Å². The van der Waals surface area contributed by atoms with E-state index in [1.807, 2.05) is 24.3 Å². The number of methoxy groups -OCH3 is 2. The molecule has 0 bridgehead atoms. The second-order valence-electron chi connectivity index (χ2n) is 8.45. The molecule has 33 heavy (non-hydrogen) atoms. The Kier molecular flexibility index (Phi) is 8.55. The number of carbonyl (C=O) groups is 1. The lowest BCUT2D eigenvalue weighted by molar-refractivity contribution is 0.0921. The number of hydrogen-bond donors (Lipinski definition) is 1. The molecule has 0 fully saturated rings. The van der Waals surface area contributed by atoms with Gasteiger partial charge in [0.05, 0.1) is 20.8 Å². The van der Waals surface area contributed by atoms with Gasteiger partial charge in [-0.1, -0.05) is 35.9 Å². The Labute approximate surface area is 196 Å². The van der Waals surface area contributed by atoms with Crippen LogP contribution >= 0.6 is 0 Å². The topological polar surface area (TPSA) is 63.9 Å². The van der Waals surface area contributed by atoms with Gasteiger partial charge in [-0.25, -0.2) is 0 Å². The maximum atomic E-state index is 12.6. The minimum absolute atomic E-state index is 0.212. The van der Waals surface area contributed by atoms with Crippen LogP contribution in [0.1, 0.15) is 46.9 Å². The van der Waals surface area contributed by atoms with Crippen molar-refractivity contribution in [3.05, 3.63) is 82.8 Å². The number of aryl methyl sites for hydroxylation is 1. The largest absolute Gasteiger partial charge is 0.493 e. The molecule has 1 aromatic heterocycles. The van der Waals surface area contributed by atoms with E-state index in [0.29, 0.717) is 42.8 Å². The van der Waals surface area contributed by atoms with Crippen molar-refractivity contribution in [2.45, 2.75) is 46.3 Å². The van der Waals surface area contributed by atoms with Crippen LogP contribution in [0.5, 0.6) is 11.5 Å². The first-order valence-corrected chi connectivity index (χ1v) is 11.3. The molecule has 3 aromatic rings. The monoisotopic (exact) mass is 450 g/mol. The molecule has 0 saturated heterocycles. The summed E-state index contributed by atoms with van der Waals surface area (Å²) in [5.74, 6) is 2.26. The highest BCUT2D eigenvalue weighted by atomic mass is 16.5. The second-order valence-corrected chi connectivity index (χ2v) is 8.45. The van der Waals surface area contributed by atoms with E-state index in [-0.39, 0.29) is 5.91 Å². The van der Waals surface area contributed by atoms with Crippen LogP contribution < -0.4 is 14.8 Å². The number of amides is 1. The minimum atomic E-state index is -0.212. The zero-order valence-electron chi connectivity index (χ0n) is 20.2. The Bertz CT molecular complexity index is 1060. The first-order chi connectivity index (χ1) is 15.9. The van der Waals surface area contributed by atoms with Gasteiger partial charge in [0.25, 0.3) is 5.91 Å². The van der Waals surface area contributed by atoms with Gasteiger partial charge in [0, 0.05) is 19.1 Å². The summed E-state index contributed by atoms with van der Waals surface area (Å²) in [7, 11) is 3.22. The Morgan fingerprint density at radius 3 is 2.45 bits per heavy atom. The first-order valence-electron chi connectivity index (χ1n) is 11.3. The lowest BCUT2D eigenvalue weighted by Gasteiger charge is -2.25. The molecule has 0 unspecified atom stereocenters. The number of rotatable bonds is 11. The molecule has 0 aliphatic heterocycles. The van der Waals surface area contributed by atoms with Crippen LogP contribution in [-0.4, -0.2) is 37.6 Å². The van der Waals surface area contributed by atoms with Crippen molar-refractivity contribution in [3.8, 4) is 11.5 Å². The predicted octanol–water partition coefficient (Wildman–Crippen LogP) is 4.99. The molecule has 0 atom stereocenters. The number of hydrogen-bond acceptors (Lipinski definition) is 5. The quantitative estimate of drug-likeness (QED) is 0.446. The number of nitrogens with one attached hydrogen (secondary N) is 1. The molecule has 1 N–H and O–H groups in total. The van der Waals surface area contributed by atoms with E-state index < -0.39 is 0 Å². The van der Waals surface area contributed by atoms with Crippen LogP contribution in [0.25, 0.3) is 0 Å². The van der Waals surface area contributed by atoms with Crippen molar-refractivity contribution in [2.75, 3.05) is 20.8 Å². The van der Waals surface area contributed by atoms with Crippen LogP contribution in [0.2, 0.25) is 0 Å². The van der Waals surface area contributed by atoms with Gasteiger partial charge in [-0.3, -0.25) is 9.69 Å². The molecule has 0 spiro atoms. The Balaban J connectivity index is 1.54. The van der Waals surface area contributed by atoms with Gasteiger partial charge >= 0.3 is 0 Å². The van der Waals surface area contributed by atoms with Gasteiger partial charge in [-0.05, 0) is 62.6 Å². The Morgan fingerprint density at radius 2 is 1.76 bits per heavy atom. The molecule has 0 saturated carbocycles. The van der Waals surface area contributed by atoms with Crippen molar-refractivity contribution in [2.24, 2.45) is 0 Å². The van der Waals surface area contributed by atoms with Gasteiger partial charge in [-0.15, -0.1) is 0 Å². The van der Waals surface area contributed by atoms with E-state index in [9.17, 15) is 4.79 Å². The molecule has 6 heteroatoms. The van der Waals surface area contributed by atoms with Crippen LogP contribution in [0, 0.1) is 6.92 Å². The Hall–Kier alpha value is -3.25. The van der Waals surface area contributed by atoms with Gasteiger partial charge in [-0.2, -0.15) is 0 Å². The molecule has 0 radical (unpaired) electrons. The fourth-order valence-electron chi connectivity index (χ4n) is 3.69. The lowest BCUT2D eigenvalue weighted by Crippen LogP contribution is -2.29. The van der Waals surface area contributed by atoms with Crippen molar-refractivity contribution in [1.29, 1.82) is 0 Å². The summed E-state index contributed by atoms with van der Waals surface area (Å²) in [6, 6.07) is 18.3. The minimum Gasteiger partial charge on any atom is -0.493 e.